The van der Waals surface area contributed by atoms with Gasteiger partial charge in [-0.1, -0.05) is 0 Å². The average Bonchev–Trinajstić information content (AvgIpc) is 2.44. The molecule has 0 radical (unpaired) electrons. The largest absolute Gasteiger partial charge is 0.484 e. The van der Waals surface area contributed by atoms with Gasteiger partial charge in [-0.25, -0.2) is 4.39 Å². The lowest BCUT2D eigenvalue weighted by molar-refractivity contribution is -0.118. The van der Waals surface area contributed by atoms with Crippen LogP contribution in [0.1, 0.15) is 5.56 Å². The van der Waals surface area contributed by atoms with E-state index in [2.05, 4.69) is 21.2 Å². The highest BCUT2D eigenvalue weighted by Gasteiger charge is 2.09. The molecule has 4 nitrogen and oxygen atoms in total. The quantitative estimate of drug-likeness (QED) is 0.827. The van der Waals surface area contributed by atoms with Gasteiger partial charge in [0, 0.05) is 11.4 Å². The van der Waals surface area contributed by atoms with Crippen molar-refractivity contribution in [1.29, 1.82) is 0 Å². The number of nitrogens with two attached hydrogens (primary N) is 1. The summed E-state index contributed by atoms with van der Waals surface area (Å²) in [5.74, 6) is -0.259. The number of benzene rings is 2. The maximum Gasteiger partial charge on any atom is 0.262 e. The van der Waals surface area contributed by atoms with Gasteiger partial charge in [-0.05, 0) is 64.8 Å². The predicted octanol–water partition coefficient (Wildman–Crippen LogP) is 3.50. The number of nitrogen functional groups attached to an aromatic ring is 1. The van der Waals surface area contributed by atoms with Crippen molar-refractivity contribution in [2.75, 3.05) is 17.7 Å². The molecule has 21 heavy (non-hydrogen) atoms. The Balaban J connectivity index is 1.96. The summed E-state index contributed by atoms with van der Waals surface area (Å²) in [6, 6.07) is 9.58. The summed E-state index contributed by atoms with van der Waals surface area (Å²) in [5, 5.41) is 2.61. The van der Waals surface area contributed by atoms with Crippen molar-refractivity contribution in [2.24, 2.45) is 0 Å². The molecule has 0 atom stereocenters. The first-order valence-corrected chi connectivity index (χ1v) is 6.99. The monoisotopic (exact) mass is 352 g/mol. The molecule has 110 valence electrons. The third-order valence-electron chi connectivity index (χ3n) is 2.79. The van der Waals surface area contributed by atoms with Gasteiger partial charge in [-0.2, -0.15) is 0 Å². The van der Waals surface area contributed by atoms with Crippen molar-refractivity contribution in [2.45, 2.75) is 6.92 Å². The van der Waals surface area contributed by atoms with E-state index in [0.717, 1.165) is 5.56 Å². The highest BCUT2D eigenvalue weighted by atomic mass is 79.9. The van der Waals surface area contributed by atoms with Gasteiger partial charge in [0.1, 0.15) is 11.6 Å². The maximum atomic E-state index is 13.5. The van der Waals surface area contributed by atoms with E-state index in [1.54, 1.807) is 37.3 Å². The van der Waals surface area contributed by atoms with E-state index in [1.165, 1.54) is 6.07 Å². The van der Waals surface area contributed by atoms with Crippen molar-refractivity contribution < 1.29 is 13.9 Å². The normalized spacial score (nSPS) is 10.2. The smallest absolute Gasteiger partial charge is 0.262 e. The van der Waals surface area contributed by atoms with Gasteiger partial charge in [0.25, 0.3) is 5.91 Å². The van der Waals surface area contributed by atoms with Crippen LogP contribution in [0.15, 0.2) is 40.9 Å². The second-order valence-corrected chi connectivity index (χ2v) is 5.34. The first-order chi connectivity index (χ1) is 9.95. The van der Waals surface area contributed by atoms with Crippen LogP contribution >= 0.6 is 15.9 Å². The molecule has 2 rings (SSSR count). The lowest BCUT2D eigenvalue weighted by atomic mass is 10.2. The fraction of sp³-hybridized carbons (Fsp3) is 0.133. The topological polar surface area (TPSA) is 64.3 Å². The third kappa shape index (κ3) is 4.19. The first kappa shape index (κ1) is 15.3. The zero-order valence-electron chi connectivity index (χ0n) is 11.3. The summed E-state index contributed by atoms with van der Waals surface area (Å²) in [6.07, 6.45) is 0. The lowest BCUT2D eigenvalue weighted by Crippen LogP contribution is -2.20. The molecule has 0 spiro atoms. The van der Waals surface area contributed by atoms with E-state index in [0.29, 0.717) is 21.6 Å². The minimum absolute atomic E-state index is 0.166. The molecular weight excluding hydrogens is 339 g/mol. The Labute approximate surface area is 130 Å². The van der Waals surface area contributed by atoms with Crippen LogP contribution in [0, 0.1) is 12.7 Å². The molecule has 0 heterocycles. The Morgan fingerprint density at radius 1 is 1.33 bits per heavy atom. The number of carbonyl (C=O) groups is 1. The zero-order chi connectivity index (χ0) is 15.4. The second-order valence-electron chi connectivity index (χ2n) is 4.49. The van der Waals surface area contributed by atoms with Crippen LogP contribution < -0.4 is 15.8 Å². The van der Waals surface area contributed by atoms with E-state index < -0.39 is 5.82 Å². The molecule has 6 heteroatoms. The number of anilines is 2. The number of aryl methyl sites for hydroxylation is 1. The van der Waals surface area contributed by atoms with Crippen LogP contribution in [0.2, 0.25) is 0 Å². The number of halogens is 2. The molecule has 2 aromatic rings. The summed E-state index contributed by atoms with van der Waals surface area (Å²) < 4.78 is 19.1. The SMILES string of the molecule is Cc1cc(Br)c(F)cc1NC(=O)COc1ccc(N)cc1. The number of ether oxygens (including phenoxy) is 1. The van der Waals surface area contributed by atoms with Crippen LogP contribution in [0.3, 0.4) is 0 Å². The molecule has 0 bridgehead atoms. The Morgan fingerprint density at radius 2 is 2.00 bits per heavy atom. The lowest BCUT2D eigenvalue weighted by Gasteiger charge is -2.10. The Kier molecular flexibility index (Phi) is 4.80. The maximum absolute atomic E-state index is 13.5. The third-order valence-corrected chi connectivity index (χ3v) is 3.40. The van der Waals surface area contributed by atoms with Gasteiger partial charge in [-0.15, -0.1) is 0 Å². The van der Waals surface area contributed by atoms with Gasteiger partial charge in [0.15, 0.2) is 6.61 Å². The Hall–Kier alpha value is -2.08. The number of rotatable bonds is 4. The predicted molar refractivity (Wildman–Crippen MR) is 83.8 cm³/mol. The molecule has 0 unspecified atom stereocenters. The van der Waals surface area contributed by atoms with Crippen LogP contribution in [-0.4, -0.2) is 12.5 Å². The molecule has 0 aromatic heterocycles. The second kappa shape index (κ2) is 6.58. The van der Waals surface area contributed by atoms with Gasteiger partial charge in [0.2, 0.25) is 0 Å². The summed E-state index contributed by atoms with van der Waals surface area (Å²) in [4.78, 5) is 11.8. The van der Waals surface area contributed by atoms with Crippen LogP contribution in [-0.2, 0) is 4.79 Å². The summed E-state index contributed by atoms with van der Waals surface area (Å²) in [5.41, 5.74) is 7.34. The minimum atomic E-state index is -0.435. The number of amides is 1. The minimum Gasteiger partial charge on any atom is -0.484 e. The molecule has 0 saturated carbocycles. The Bertz CT molecular complexity index is 659. The molecule has 2 aromatic carbocycles. The highest BCUT2D eigenvalue weighted by molar-refractivity contribution is 9.10. The van der Waals surface area contributed by atoms with E-state index in [-0.39, 0.29) is 12.5 Å². The van der Waals surface area contributed by atoms with Crippen molar-refractivity contribution in [1.82, 2.24) is 0 Å². The number of nitrogens with one attached hydrogen (secondary N) is 1. The highest BCUT2D eigenvalue weighted by Crippen LogP contribution is 2.24. The van der Waals surface area contributed by atoms with Gasteiger partial charge < -0.3 is 15.8 Å². The Morgan fingerprint density at radius 3 is 2.67 bits per heavy atom. The molecule has 0 fully saturated rings. The van der Waals surface area contributed by atoms with E-state index >= 15 is 0 Å². The van der Waals surface area contributed by atoms with Crippen molar-refractivity contribution in [3.63, 3.8) is 0 Å². The average molecular weight is 353 g/mol. The summed E-state index contributed by atoms with van der Waals surface area (Å²) >= 11 is 3.09. The van der Waals surface area contributed by atoms with Gasteiger partial charge in [-0.3, -0.25) is 4.79 Å². The molecule has 0 aliphatic rings. The van der Waals surface area contributed by atoms with E-state index in [1.807, 2.05) is 0 Å². The summed E-state index contributed by atoms with van der Waals surface area (Å²) in [6.45, 7) is 1.61. The fourth-order valence-corrected chi connectivity index (χ4v) is 2.14. The fourth-order valence-electron chi connectivity index (χ4n) is 1.68. The molecule has 1 amide bonds. The number of carbonyl (C=O) groups excluding carboxylic acids is 1. The van der Waals surface area contributed by atoms with E-state index in [4.69, 9.17) is 10.5 Å². The van der Waals surface area contributed by atoms with Crippen LogP contribution in [0.5, 0.6) is 5.75 Å². The molecule has 3 N–H and O–H groups in total. The number of hydrogen-bond donors (Lipinski definition) is 2. The molecule has 0 aliphatic heterocycles. The molecular formula is C15H14BrFN2O2. The van der Waals surface area contributed by atoms with Gasteiger partial charge >= 0.3 is 0 Å². The summed E-state index contributed by atoms with van der Waals surface area (Å²) in [7, 11) is 0. The van der Waals surface area contributed by atoms with Crippen molar-refractivity contribution in [3.8, 4) is 5.75 Å². The van der Waals surface area contributed by atoms with Crippen molar-refractivity contribution >= 4 is 33.2 Å². The molecule has 0 saturated heterocycles. The molecule has 0 aliphatic carbocycles. The van der Waals surface area contributed by atoms with Crippen molar-refractivity contribution in [3.05, 3.63) is 52.3 Å². The first-order valence-electron chi connectivity index (χ1n) is 6.19. The van der Waals surface area contributed by atoms with E-state index in [9.17, 15) is 9.18 Å². The van der Waals surface area contributed by atoms with Gasteiger partial charge in [0.05, 0.1) is 4.47 Å². The van der Waals surface area contributed by atoms with Crippen LogP contribution in [0.4, 0.5) is 15.8 Å². The standard InChI is InChI=1S/C15H14BrFN2O2/c1-9-6-12(16)13(17)7-14(9)19-15(20)8-21-11-4-2-10(18)3-5-11/h2-7H,8,18H2,1H3,(H,19,20). The van der Waals surface area contributed by atoms with Crippen LogP contribution in [0.25, 0.3) is 0 Å². The number of hydrogen-bond acceptors (Lipinski definition) is 3. The zero-order valence-corrected chi connectivity index (χ0v) is 12.9.